The highest BCUT2D eigenvalue weighted by atomic mass is 19.1. The van der Waals surface area contributed by atoms with Gasteiger partial charge in [-0.3, -0.25) is 4.79 Å². The van der Waals surface area contributed by atoms with E-state index in [9.17, 15) is 9.18 Å². The second-order valence-corrected chi connectivity index (χ2v) is 7.60. The average Bonchev–Trinajstić information content (AvgIpc) is 2.77. The van der Waals surface area contributed by atoms with Crippen LogP contribution in [0.2, 0.25) is 0 Å². The Balaban J connectivity index is 1.63. The quantitative estimate of drug-likeness (QED) is 0.516. The Kier molecular flexibility index (Phi) is 6.13. The van der Waals surface area contributed by atoms with Gasteiger partial charge in [-0.25, -0.2) is 19.3 Å². The number of aromatic nitrogens is 4. The zero-order valence-electron chi connectivity index (χ0n) is 17.2. The van der Waals surface area contributed by atoms with Crippen molar-refractivity contribution in [1.82, 2.24) is 19.9 Å². The average molecular weight is 421 g/mol. The summed E-state index contributed by atoms with van der Waals surface area (Å²) in [6.45, 7) is 1.45. The molecule has 1 aliphatic rings. The Hall–Kier alpha value is -3.46. The molecule has 0 bridgehead atoms. The fourth-order valence-corrected chi connectivity index (χ4v) is 3.66. The maximum Gasteiger partial charge on any atom is 0.224 e. The van der Waals surface area contributed by atoms with Crippen molar-refractivity contribution in [3.05, 3.63) is 54.2 Å². The second kappa shape index (κ2) is 9.13. The van der Waals surface area contributed by atoms with Crippen molar-refractivity contribution in [2.45, 2.75) is 44.7 Å². The van der Waals surface area contributed by atoms with Crippen LogP contribution < -0.4 is 16.4 Å². The van der Waals surface area contributed by atoms with E-state index >= 15 is 0 Å². The van der Waals surface area contributed by atoms with Gasteiger partial charge in [-0.1, -0.05) is 12.8 Å². The molecule has 1 aromatic carbocycles. The van der Waals surface area contributed by atoms with Gasteiger partial charge in [0.1, 0.15) is 11.6 Å². The van der Waals surface area contributed by atoms with Crippen LogP contribution in [0, 0.1) is 5.82 Å². The number of hydrogen-bond acceptors (Lipinski definition) is 8. The number of nitrogens with zero attached hydrogens (tertiary/aromatic N) is 4. The van der Waals surface area contributed by atoms with Gasteiger partial charge < -0.3 is 16.4 Å². The maximum absolute atomic E-state index is 14.4. The first kappa shape index (κ1) is 20.8. The predicted molar refractivity (Wildman–Crippen MR) is 117 cm³/mol. The van der Waals surface area contributed by atoms with Crippen LogP contribution in [0.15, 0.2) is 42.9 Å². The Morgan fingerprint density at radius 2 is 1.94 bits per heavy atom. The Labute approximate surface area is 179 Å². The zero-order valence-corrected chi connectivity index (χ0v) is 17.2. The number of Topliss-reactive ketones (excluding diaryl/α,β-unsaturated/α-hetero) is 1. The van der Waals surface area contributed by atoms with Crippen LogP contribution in [0.4, 0.5) is 21.8 Å². The topological polar surface area (TPSA) is 119 Å². The van der Waals surface area contributed by atoms with Crippen molar-refractivity contribution in [2.75, 3.05) is 10.6 Å². The minimum Gasteiger partial charge on any atom is -0.350 e. The van der Waals surface area contributed by atoms with Gasteiger partial charge in [-0.05, 0) is 44.0 Å². The molecule has 2 atom stereocenters. The van der Waals surface area contributed by atoms with Gasteiger partial charge in [-0.2, -0.15) is 4.98 Å². The highest BCUT2D eigenvalue weighted by Crippen LogP contribution is 2.27. The lowest BCUT2D eigenvalue weighted by molar-refractivity contribution is 0.101. The Morgan fingerprint density at radius 3 is 2.68 bits per heavy atom. The van der Waals surface area contributed by atoms with E-state index in [-0.39, 0.29) is 29.3 Å². The summed E-state index contributed by atoms with van der Waals surface area (Å²) >= 11 is 0. The first-order chi connectivity index (χ1) is 15.0. The third kappa shape index (κ3) is 4.83. The number of ketones is 1. The van der Waals surface area contributed by atoms with Crippen LogP contribution in [0.5, 0.6) is 0 Å². The second-order valence-electron chi connectivity index (χ2n) is 7.60. The summed E-state index contributed by atoms with van der Waals surface area (Å²) in [7, 11) is 0. The first-order valence-corrected chi connectivity index (χ1v) is 10.3. The number of carbonyl (C=O) groups is 1. The van der Waals surface area contributed by atoms with Crippen molar-refractivity contribution in [2.24, 2.45) is 5.73 Å². The lowest BCUT2D eigenvalue weighted by Gasteiger charge is -2.29. The molecule has 0 unspecified atom stereocenters. The molecule has 9 heteroatoms. The highest BCUT2D eigenvalue weighted by molar-refractivity contribution is 5.99. The Morgan fingerprint density at radius 1 is 1.16 bits per heavy atom. The molecule has 0 radical (unpaired) electrons. The largest absolute Gasteiger partial charge is 0.350 e. The van der Waals surface area contributed by atoms with Gasteiger partial charge in [0.15, 0.2) is 11.6 Å². The van der Waals surface area contributed by atoms with Gasteiger partial charge in [0.05, 0.1) is 11.1 Å². The number of carbonyl (C=O) groups excluding carboxylic acids is 1. The smallest absolute Gasteiger partial charge is 0.224 e. The summed E-state index contributed by atoms with van der Waals surface area (Å²) in [4.78, 5) is 29.1. The van der Waals surface area contributed by atoms with E-state index in [1.807, 2.05) is 0 Å². The fourth-order valence-electron chi connectivity index (χ4n) is 3.66. The summed E-state index contributed by atoms with van der Waals surface area (Å²) in [5, 5.41) is 6.41. The van der Waals surface area contributed by atoms with E-state index in [1.54, 1.807) is 30.6 Å². The number of nitrogens with two attached hydrogens (primary N) is 1. The molecule has 160 valence electrons. The van der Waals surface area contributed by atoms with E-state index in [0.29, 0.717) is 23.0 Å². The van der Waals surface area contributed by atoms with Gasteiger partial charge in [0.25, 0.3) is 0 Å². The van der Waals surface area contributed by atoms with Crippen LogP contribution >= 0.6 is 0 Å². The third-order valence-electron chi connectivity index (χ3n) is 5.34. The van der Waals surface area contributed by atoms with Crippen LogP contribution in [-0.2, 0) is 0 Å². The lowest BCUT2D eigenvalue weighted by Crippen LogP contribution is -2.43. The van der Waals surface area contributed by atoms with Gasteiger partial charge in [0, 0.05) is 36.4 Å². The molecule has 0 saturated heterocycles. The summed E-state index contributed by atoms with van der Waals surface area (Å²) in [5.74, 6) is 0.369. The van der Waals surface area contributed by atoms with Gasteiger partial charge >= 0.3 is 0 Å². The fraction of sp³-hybridized carbons (Fsp3) is 0.318. The van der Waals surface area contributed by atoms with E-state index in [4.69, 9.17) is 5.73 Å². The summed E-state index contributed by atoms with van der Waals surface area (Å²) < 4.78 is 14.4. The summed E-state index contributed by atoms with van der Waals surface area (Å²) in [6.07, 6.45) is 8.70. The van der Waals surface area contributed by atoms with Crippen molar-refractivity contribution in [1.29, 1.82) is 0 Å². The number of nitrogens with one attached hydrogen (secondary N) is 2. The molecule has 4 rings (SSSR count). The Bertz CT molecular complexity index is 1080. The van der Waals surface area contributed by atoms with E-state index < -0.39 is 5.82 Å². The van der Waals surface area contributed by atoms with Crippen molar-refractivity contribution >= 4 is 23.2 Å². The zero-order chi connectivity index (χ0) is 21.8. The van der Waals surface area contributed by atoms with E-state index in [1.165, 1.54) is 19.2 Å². The van der Waals surface area contributed by atoms with Crippen LogP contribution in [-0.4, -0.2) is 37.8 Å². The number of hydrogen-bond donors (Lipinski definition) is 3. The lowest BCUT2D eigenvalue weighted by atomic mass is 9.91. The normalized spacial score (nSPS) is 18.4. The standard InChI is InChI=1S/C22H24FN7O/c1-13(31)16-12-27-22(29-19-6-3-2-5-18(19)24)30-21(16)28-14-7-8-17(23)15(11-14)20-25-9-4-10-26-20/h4,7-12,18-19H,2-3,5-6,24H2,1H3,(H2,27,28,29,30)/t18-,19+/m0/s1. The molecule has 3 aromatic rings. The minimum absolute atomic E-state index is 0.0340. The number of benzene rings is 1. The third-order valence-corrected chi connectivity index (χ3v) is 5.34. The van der Waals surface area contributed by atoms with Crippen LogP contribution in [0.25, 0.3) is 11.4 Å². The van der Waals surface area contributed by atoms with Gasteiger partial charge in [0.2, 0.25) is 5.95 Å². The molecular formula is C22H24FN7O. The molecule has 1 aliphatic carbocycles. The molecule has 1 saturated carbocycles. The molecule has 0 spiro atoms. The molecule has 2 heterocycles. The van der Waals surface area contributed by atoms with E-state index in [0.717, 1.165) is 25.7 Å². The SMILES string of the molecule is CC(=O)c1cnc(N[C@@H]2CCCC[C@@H]2N)nc1Nc1ccc(F)c(-c2ncccn2)c1. The first-order valence-electron chi connectivity index (χ1n) is 10.3. The maximum atomic E-state index is 14.4. The van der Waals surface area contributed by atoms with Crippen molar-refractivity contribution in [3.8, 4) is 11.4 Å². The highest BCUT2D eigenvalue weighted by Gasteiger charge is 2.23. The molecule has 2 aromatic heterocycles. The molecule has 8 nitrogen and oxygen atoms in total. The number of rotatable bonds is 6. The van der Waals surface area contributed by atoms with Crippen molar-refractivity contribution in [3.63, 3.8) is 0 Å². The van der Waals surface area contributed by atoms with E-state index in [2.05, 4.69) is 30.6 Å². The summed E-state index contributed by atoms with van der Waals surface area (Å²) in [6, 6.07) is 6.25. The summed E-state index contributed by atoms with van der Waals surface area (Å²) in [5.41, 5.74) is 7.34. The van der Waals surface area contributed by atoms with Crippen LogP contribution in [0.1, 0.15) is 43.0 Å². The molecular weight excluding hydrogens is 397 g/mol. The number of anilines is 3. The number of halogens is 1. The molecule has 0 amide bonds. The molecule has 31 heavy (non-hydrogen) atoms. The van der Waals surface area contributed by atoms with Crippen LogP contribution in [0.3, 0.4) is 0 Å². The molecule has 0 aliphatic heterocycles. The minimum atomic E-state index is -0.445. The monoisotopic (exact) mass is 421 g/mol. The van der Waals surface area contributed by atoms with Crippen molar-refractivity contribution < 1.29 is 9.18 Å². The molecule has 1 fully saturated rings. The molecule has 4 N–H and O–H groups in total. The van der Waals surface area contributed by atoms with Gasteiger partial charge in [-0.15, -0.1) is 0 Å². The predicted octanol–water partition coefficient (Wildman–Crippen LogP) is 3.70.